The number of hydrogen-bond acceptors (Lipinski definition) is 7. The zero-order valence-corrected chi connectivity index (χ0v) is 27.1. The van der Waals surface area contributed by atoms with Crippen molar-refractivity contribution in [1.82, 2.24) is 0 Å². The molecule has 5 N–H and O–H groups in total. The van der Waals surface area contributed by atoms with Crippen LogP contribution in [0.2, 0.25) is 0 Å². The first kappa shape index (κ1) is 31.9. The molecule has 1 heterocycles. The summed E-state index contributed by atoms with van der Waals surface area (Å²) in [5, 5.41) is 52.4. The molecule has 43 heavy (non-hydrogen) atoms. The molecule has 1 saturated heterocycles. The first-order valence-electron chi connectivity index (χ1n) is 17.0. The van der Waals surface area contributed by atoms with E-state index in [4.69, 9.17) is 9.47 Å². The molecule has 8 nitrogen and oxygen atoms in total. The van der Waals surface area contributed by atoms with Crippen LogP contribution in [0.4, 0.5) is 0 Å². The highest BCUT2D eigenvalue weighted by molar-refractivity contribution is 5.76. The van der Waals surface area contributed by atoms with Crippen molar-refractivity contribution < 1.29 is 39.8 Å². The van der Waals surface area contributed by atoms with Crippen LogP contribution in [0.15, 0.2) is 11.6 Å². The van der Waals surface area contributed by atoms with Gasteiger partial charge in [0, 0.05) is 5.41 Å². The fourth-order valence-corrected chi connectivity index (χ4v) is 12.1. The van der Waals surface area contributed by atoms with Crippen molar-refractivity contribution >= 4 is 5.97 Å². The maximum atomic E-state index is 13.0. The summed E-state index contributed by atoms with van der Waals surface area (Å²) < 4.78 is 12.0. The van der Waals surface area contributed by atoms with Gasteiger partial charge in [-0.1, -0.05) is 53.2 Å². The Morgan fingerprint density at radius 1 is 0.953 bits per heavy atom. The molecule has 6 rings (SSSR count). The van der Waals surface area contributed by atoms with Gasteiger partial charge in [0.15, 0.2) is 6.29 Å². The number of allylic oxidation sites excluding steroid dienone is 2. The van der Waals surface area contributed by atoms with Crippen molar-refractivity contribution in [3.8, 4) is 0 Å². The topological polar surface area (TPSA) is 137 Å². The number of rotatable bonds is 4. The van der Waals surface area contributed by atoms with Gasteiger partial charge in [0.05, 0.1) is 24.7 Å². The first-order chi connectivity index (χ1) is 20.1. The lowest BCUT2D eigenvalue weighted by Gasteiger charge is -2.71. The summed E-state index contributed by atoms with van der Waals surface area (Å²) in [5.74, 6) is 0.904. The van der Waals surface area contributed by atoms with Gasteiger partial charge in [0.2, 0.25) is 0 Å². The molecular formula is C35H56O8. The summed E-state index contributed by atoms with van der Waals surface area (Å²) in [6.07, 6.45) is 5.14. The third kappa shape index (κ3) is 4.18. The maximum Gasteiger partial charge on any atom is 0.310 e. The molecule has 8 heteroatoms. The SMILES string of the molecule is C[C@H]1[C@H](C)CC[C@]2(C(=O)O)CC[C@]3(C)C(=CC[C@@H]4[C@@]5(C)CC[C@H](O[C@@H]6OC[C@H](O)[C@H](O)[C@H]6O)[C@@](C)(CO)[C@@H]5CC[C@]43C)[C@H]12. The summed E-state index contributed by atoms with van der Waals surface area (Å²) in [5.41, 5.74) is 0.0965. The molecule has 5 aliphatic carbocycles. The Morgan fingerprint density at radius 3 is 2.35 bits per heavy atom. The summed E-state index contributed by atoms with van der Waals surface area (Å²) >= 11 is 0. The Balaban J connectivity index is 1.33. The van der Waals surface area contributed by atoms with Crippen molar-refractivity contribution in [3.05, 3.63) is 11.6 Å². The molecule has 0 spiro atoms. The summed E-state index contributed by atoms with van der Waals surface area (Å²) in [4.78, 5) is 13.0. The quantitative estimate of drug-likeness (QED) is 0.233. The molecule has 0 aromatic rings. The molecule has 0 bridgehead atoms. The average molecular weight is 605 g/mol. The zero-order valence-electron chi connectivity index (χ0n) is 27.1. The van der Waals surface area contributed by atoms with Crippen LogP contribution in [0.25, 0.3) is 0 Å². The fourth-order valence-electron chi connectivity index (χ4n) is 12.1. The van der Waals surface area contributed by atoms with Crippen molar-refractivity contribution in [2.24, 2.45) is 56.7 Å². The fraction of sp³-hybridized carbons (Fsp3) is 0.914. The molecule has 0 aromatic heterocycles. The number of carboxylic acids is 1. The second kappa shape index (κ2) is 10.5. The molecule has 0 radical (unpaired) electrons. The van der Waals surface area contributed by atoms with Crippen LogP contribution < -0.4 is 0 Å². The minimum atomic E-state index is -1.36. The van der Waals surface area contributed by atoms with E-state index in [0.29, 0.717) is 24.2 Å². The Labute approximate surface area is 257 Å². The second-order valence-electron chi connectivity index (χ2n) is 16.7. The van der Waals surface area contributed by atoms with Gasteiger partial charge in [-0.2, -0.15) is 0 Å². The third-order valence-corrected chi connectivity index (χ3v) is 15.3. The molecule has 6 aliphatic rings. The van der Waals surface area contributed by atoms with E-state index in [2.05, 4.69) is 47.6 Å². The van der Waals surface area contributed by atoms with Crippen LogP contribution >= 0.6 is 0 Å². The predicted octanol–water partition coefficient (Wildman–Crippen LogP) is 4.53. The minimum absolute atomic E-state index is 0.0143. The molecule has 4 saturated carbocycles. The second-order valence-corrected chi connectivity index (χ2v) is 16.7. The van der Waals surface area contributed by atoms with Crippen LogP contribution in [0.1, 0.15) is 99.3 Å². The van der Waals surface area contributed by atoms with Crippen LogP contribution in [-0.4, -0.2) is 75.4 Å². The van der Waals surface area contributed by atoms with E-state index in [9.17, 15) is 30.3 Å². The van der Waals surface area contributed by atoms with E-state index in [-0.39, 0.29) is 47.4 Å². The number of fused-ring (bicyclic) bond motifs is 7. The lowest BCUT2D eigenvalue weighted by molar-refractivity contribution is -0.312. The van der Waals surface area contributed by atoms with Gasteiger partial charge in [0.25, 0.3) is 0 Å². The van der Waals surface area contributed by atoms with Gasteiger partial charge in [-0.3, -0.25) is 4.79 Å². The number of hydrogen-bond donors (Lipinski definition) is 5. The minimum Gasteiger partial charge on any atom is -0.481 e. The summed E-state index contributed by atoms with van der Waals surface area (Å²) in [6, 6.07) is 0. The van der Waals surface area contributed by atoms with Crippen molar-refractivity contribution in [1.29, 1.82) is 0 Å². The number of aliphatic carboxylic acids is 1. The number of carbonyl (C=O) groups is 1. The Bertz CT molecular complexity index is 1140. The van der Waals surface area contributed by atoms with E-state index in [1.54, 1.807) is 0 Å². The van der Waals surface area contributed by atoms with Gasteiger partial charge in [-0.25, -0.2) is 0 Å². The number of aliphatic hydroxyl groups excluding tert-OH is 4. The van der Waals surface area contributed by atoms with Gasteiger partial charge in [0.1, 0.15) is 18.3 Å². The Hall–Kier alpha value is -1.03. The summed E-state index contributed by atoms with van der Waals surface area (Å²) in [6.45, 7) is 13.9. The van der Waals surface area contributed by atoms with Crippen molar-refractivity contribution in [2.45, 2.75) is 130 Å². The van der Waals surface area contributed by atoms with Gasteiger partial charge in [-0.05, 0) is 104 Å². The number of aliphatic hydroxyl groups is 4. The molecule has 0 unspecified atom stereocenters. The van der Waals surface area contributed by atoms with Gasteiger partial charge < -0.3 is 35.0 Å². The molecule has 1 aliphatic heterocycles. The number of ether oxygens (including phenoxy) is 2. The molecule has 0 amide bonds. The predicted molar refractivity (Wildman–Crippen MR) is 161 cm³/mol. The standard InChI is InChI=1S/C35H56O8/c1-19-9-14-35(30(40)41)16-15-33(5)21(26(35)20(19)2)7-8-24-31(3)12-11-25(43-29-28(39)27(38)22(37)17-42-29)32(4,18-36)23(31)10-13-34(24,33)6/h7,19-20,22-29,36-39H,8-18H2,1-6H3,(H,40,41)/t19-,20+,22+,23-,24-,25+,26+,27+,28-,29+,31+,32+,33-,34-,35+/m1/s1. The zero-order chi connectivity index (χ0) is 31.3. The van der Waals surface area contributed by atoms with Crippen molar-refractivity contribution in [2.75, 3.05) is 13.2 Å². The van der Waals surface area contributed by atoms with Crippen LogP contribution in [0.5, 0.6) is 0 Å². The van der Waals surface area contributed by atoms with E-state index in [1.807, 2.05) is 0 Å². The Kier molecular flexibility index (Phi) is 7.79. The first-order valence-corrected chi connectivity index (χ1v) is 17.0. The van der Waals surface area contributed by atoms with Crippen LogP contribution in [0.3, 0.4) is 0 Å². The molecule has 0 aromatic carbocycles. The highest BCUT2D eigenvalue weighted by Gasteiger charge is 2.70. The largest absolute Gasteiger partial charge is 0.481 e. The molecule has 5 fully saturated rings. The van der Waals surface area contributed by atoms with Crippen LogP contribution in [0, 0.1) is 56.7 Å². The monoisotopic (exact) mass is 604 g/mol. The highest BCUT2D eigenvalue weighted by Crippen LogP contribution is 2.76. The molecule has 15 atom stereocenters. The Morgan fingerprint density at radius 2 is 1.67 bits per heavy atom. The van der Waals surface area contributed by atoms with E-state index in [1.165, 1.54) is 5.57 Å². The van der Waals surface area contributed by atoms with E-state index < -0.39 is 41.4 Å². The lowest BCUT2D eigenvalue weighted by Crippen LogP contribution is -2.67. The third-order valence-electron chi connectivity index (χ3n) is 15.3. The highest BCUT2D eigenvalue weighted by atomic mass is 16.7. The van der Waals surface area contributed by atoms with E-state index in [0.717, 1.165) is 51.4 Å². The molecular weight excluding hydrogens is 548 g/mol. The van der Waals surface area contributed by atoms with Crippen LogP contribution in [-0.2, 0) is 14.3 Å². The number of carboxylic acid groups (broad SMARTS) is 1. The maximum absolute atomic E-state index is 13.0. The van der Waals surface area contributed by atoms with Gasteiger partial charge >= 0.3 is 5.97 Å². The summed E-state index contributed by atoms with van der Waals surface area (Å²) in [7, 11) is 0. The normalized spacial score (nSPS) is 56.6. The lowest BCUT2D eigenvalue weighted by atomic mass is 9.33. The van der Waals surface area contributed by atoms with E-state index >= 15 is 0 Å². The average Bonchev–Trinajstić information content (AvgIpc) is 2.96. The van der Waals surface area contributed by atoms with Crippen molar-refractivity contribution in [3.63, 3.8) is 0 Å². The smallest absolute Gasteiger partial charge is 0.310 e. The van der Waals surface area contributed by atoms with Gasteiger partial charge in [-0.15, -0.1) is 0 Å². The molecule has 244 valence electrons.